The van der Waals surface area contributed by atoms with Gasteiger partial charge in [-0.15, -0.1) is 0 Å². The SMILES string of the molecule is Cc1cccc(Nc2ccc3ccc4c(N(c5cccc(C)c5)c5cc(C)cc(-c6c(O)c(O)c(O)c(O)c6O)c5)ccc5ccc2c3c54)c1. The number of rotatable bonds is 6. The number of aromatic hydroxyl groups is 5. The molecule has 0 saturated carbocycles. The fourth-order valence-corrected chi connectivity index (χ4v) is 7.16. The first kappa shape index (κ1) is 30.7. The maximum absolute atomic E-state index is 10.9. The summed E-state index contributed by atoms with van der Waals surface area (Å²) in [4.78, 5) is 2.13. The molecule has 8 rings (SSSR count). The van der Waals surface area contributed by atoms with Crippen molar-refractivity contribution in [3.63, 3.8) is 0 Å². The van der Waals surface area contributed by atoms with Crippen molar-refractivity contribution >= 4 is 60.8 Å². The lowest BCUT2D eigenvalue weighted by atomic mass is 9.92. The molecule has 0 spiro atoms. The summed E-state index contributed by atoms with van der Waals surface area (Å²) in [5, 5.41) is 62.8. The normalized spacial score (nSPS) is 11.5. The van der Waals surface area contributed by atoms with E-state index >= 15 is 0 Å². The monoisotopic (exact) mass is 658 g/mol. The van der Waals surface area contributed by atoms with Crippen LogP contribution in [0.2, 0.25) is 0 Å². The highest BCUT2D eigenvalue weighted by Crippen LogP contribution is 2.55. The molecule has 0 radical (unpaired) electrons. The number of nitrogens with zero attached hydrogens (tertiary/aromatic N) is 1. The van der Waals surface area contributed by atoms with Crippen LogP contribution < -0.4 is 10.2 Å². The standard InChI is InChI=1S/C43H34N2O5/c1-23-6-4-8-29(19-23)44-34-16-12-26-11-15-33-35(17-13-27-10-14-32(34)36(26)37(27)33)45(30-9-5-7-24(2)20-30)31-21-25(3)18-28(22-31)38-39(46)41(48)43(50)42(49)40(38)47/h4-22,44,46-50H,1-3H3. The molecular weight excluding hydrogens is 624 g/mol. The topological polar surface area (TPSA) is 116 Å². The number of benzene rings is 8. The van der Waals surface area contributed by atoms with Gasteiger partial charge in [-0.2, -0.15) is 0 Å². The van der Waals surface area contributed by atoms with Crippen LogP contribution in [0.1, 0.15) is 16.7 Å². The lowest BCUT2D eigenvalue weighted by molar-refractivity contribution is 0.330. The molecule has 8 aromatic carbocycles. The van der Waals surface area contributed by atoms with Gasteiger partial charge in [0.2, 0.25) is 17.2 Å². The van der Waals surface area contributed by atoms with Gasteiger partial charge in [-0.05, 0) is 113 Å². The van der Waals surface area contributed by atoms with E-state index in [-0.39, 0.29) is 5.56 Å². The summed E-state index contributed by atoms with van der Waals surface area (Å²) in [6, 6.07) is 39.2. The molecule has 0 unspecified atom stereocenters. The Morgan fingerprint density at radius 3 is 1.76 bits per heavy atom. The average Bonchev–Trinajstić information content (AvgIpc) is 3.10. The van der Waals surface area contributed by atoms with Crippen molar-refractivity contribution in [1.82, 2.24) is 0 Å². The molecule has 0 saturated heterocycles. The van der Waals surface area contributed by atoms with Crippen molar-refractivity contribution in [2.24, 2.45) is 0 Å². The fourth-order valence-electron chi connectivity index (χ4n) is 7.16. The predicted octanol–water partition coefficient (Wildman–Crippen LogP) is 10.9. The van der Waals surface area contributed by atoms with Crippen LogP contribution in [0.3, 0.4) is 0 Å². The smallest absolute Gasteiger partial charge is 0.208 e. The first-order chi connectivity index (χ1) is 24.1. The molecule has 0 bridgehead atoms. The maximum atomic E-state index is 10.9. The van der Waals surface area contributed by atoms with Crippen LogP contribution in [0.5, 0.6) is 28.7 Å². The van der Waals surface area contributed by atoms with E-state index in [2.05, 4.69) is 89.9 Å². The second kappa shape index (κ2) is 11.5. The van der Waals surface area contributed by atoms with Gasteiger partial charge in [0, 0.05) is 33.5 Å². The molecule has 7 nitrogen and oxygen atoms in total. The van der Waals surface area contributed by atoms with Gasteiger partial charge < -0.3 is 35.7 Å². The van der Waals surface area contributed by atoms with Crippen molar-refractivity contribution in [2.45, 2.75) is 20.8 Å². The van der Waals surface area contributed by atoms with Crippen LogP contribution in [-0.4, -0.2) is 25.5 Å². The Labute approximate surface area is 288 Å². The minimum atomic E-state index is -0.996. The fraction of sp³-hybridized carbons (Fsp3) is 0.0698. The molecule has 6 N–H and O–H groups in total. The van der Waals surface area contributed by atoms with Crippen LogP contribution in [0.25, 0.3) is 43.4 Å². The molecule has 7 heteroatoms. The van der Waals surface area contributed by atoms with E-state index in [1.807, 2.05) is 44.2 Å². The summed E-state index contributed by atoms with van der Waals surface area (Å²) in [6.07, 6.45) is 0. The zero-order valence-corrected chi connectivity index (χ0v) is 27.7. The van der Waals surface area contributed by atoms with Gasteiger partial charge in [0.15, 0.2) is 11.5 Å². The third kappa shape index (κ3) is 4.90. The zero-order valence-electron chi connectivity index (χ0n) is 27.7. The number of phenolic OH excluding ortho intramolecular Hbond substituents is 5. The van der Waals surface area contributed by atoms with Gasteiger partial charge in [-0.25, -0.2) is 0 Å². The number of nitrogens with one attached hydrogen (secondary N) is 1. The van der Waals surface area contributed by atoms with Gasteiger partial charge in [-0.3, -0.25) is 0 Å². The highest BCUT2D eigenvalue weighted by Gasteiger charge is 2.26. The molecule has 246 valence electrons. The Balaban J connectivity index is 1.38. The van der Waals surface area contributed by atoms with E-state index in [0.717, 1.165) is 66.2 Å². The molecule has 0 aliphatic heterocycles. The quantitative estimate of drug-likeness (QED) is 0.0598. The Kier molecular flexibility index (Phi) is 7.08. The zero-order chi connectivity index (χ0) is 34.8. The second-order valence-corrected chi connectivity index (χ2v) is 13.0. The van der Waals surface area contributed by atoms with Crippen molar-refractivity contribution in [1.29, 1.82) is 0 Å². The van der Waals surface area contributed by atoms with E-state index in [4.69, 9.17) is 0 Å². The number of anilines is 5. The molecule has 0 aliphatic carbocycles. The molecule has 50 heavy (non-hydrogen) atoms. The predicted molar refractivity (Wildman–Crippen MR) is 203 cm³/mol. The molecule has 0 heterocycles. The first-order valence-electron chi connectivity index (χ1n) is 16.3. The first-order valence-corrected chi connectivity index (χ1v) is 16.3. The number of hydrogen-bond acceptors (Lipinski definition) is 7. The van der Waals surface area contributed by atoms with Gasteiger partial charge in [0.25, 0.3) is 0 Å². The van der Waals surface area contributed by atoms with E-state index in [0.29, 0.717) is 11.3 Å². The Hall–Kier alpha value is -6.60. The average molecular weight is 659 g/mol. The van der Waals surface area contributed by atoms with E-state index in [1.165, 1.54) is 5.56 Å². The van der Waals surface area contributed by atoms with Crippen molar-refractivity contribution in [3.05, 3.63) is 132 Å². The van der Waals surface area contributed by atoms with Gasteiger partial charge in [0.05, 0.1) is 11.3 Å². The summed E-state index contributed by atoms with van der Waals surface area (Å²) in [7, 11) is 0. The highest BCUT2D eigenvalue weighted by molar-refractivity contribution is 6.27. The Bertz CT molecular complexity index is 2600. The minimum Gasteiger partial charge on any atom is -0.504 e. The molecule has 0 aliphatic rings. The molecule has 0 atom stereocenters. The van der Waals surface area contributed by atoms with E-state index in [9.17, 15) is 25.5 Å². The summed E-state index contributed by atoms with van der Waals surface area (Å²) in [6.45, 7) is 6.01. The molecule has 8 aromatic rings. The van der Waals surface area contributed by atoms with E-state index < -0.39 is 28.7 Å². The molecular formula is C43H34N2O5. The third-order valence-electron chi connectivity index (χ3n) is 9.42. The number of aryl methyl sites for hydroxylation is 3. The van der Waals surface area contributed by atoms with Crippen LogP contribution in [0, 0.1) is 20.8 Å². The summed E-state index contributed by atoms with van der Waals surface area (Å²) in [5.74, 6) is -4.32. The van der Waals surface area contributed by atoms with Crippen molar-refractivity contribution in [3.8, 4) is 39.9 Å². The summed E-state index contributed by atoms with van der Waals surface area (Å²) in [5.41, 5.74) is 7.73. The summed E-state index contributed by atoms with van der Waals surface area (Å²) < 4.78 is 0. The third-order valence-corrected chi connectivity index (χ3v) is 9.42. The Morgan fingerprint density at radius 1 is 0.480 bits per heavy atom. The molecule has 0 aromatic heterocycles. The minimum absolute atomic E-state index is 0.198. The van der Waals surface area contributed by atoms with Gasteiger partial charge in [0.1, 0.15) is 0 Å². The van der Waals surface area contributed by atoms with Gasteiger partial charge in [-0.1, -0.05) is 66.7 Å². The molecule has 0 fully saturated rings. The lowest BCUT2D eigenvalue weighted by Crippen LogP contribution is -2.11. The molecule has 0 amide bonds. The van der Waals surface area contributed by atoms with Crippen molar-refractivity contribution < 1.29 is 25.5 Å². The number of phenols is 5. The Morgan fingerprint density at radius 2 is 1.06 bits per heavy atom. The second-order valence-electron chi connectivity index (χ2n) is 13.0. The largest absolute Gasteiger partial charge is 0.504 e. The lowest BCUT2D eigenvalue weighted by Gasteiger charge is -2.29. The van der Waals surface area contributed by atoms with Crippen molar-refractivity contribution in [2.75, 3.05) is 10.2 Å². The highest BCUT2D eigenvalue weighted by atomic mass is 16.4. The van der Waals surface area contributed by atoms with Crippen LogP contribution in [-0.2, 0) is 0 Å². The van der Waals surface area contributed by atoms with E-state index in [1.54, 1.807) is 12.1 Å². The van der Waals surface area contributed by atoms with Crippen LogP contribution in [0.4, 0.5) is 28.4 Å². The number of hydrogen-bond donors (Lipinski definition) is 6. The van der Waals surface area contributed by atoms with Crippen LogP contribution >= 0.6 is 0 Å². The van der Waals surface area contributed by atoms with Gasteiger partial charge >= 0.3 is 0 Å². The van der Waals surface area contributed by atoms with Crippen LogP contribution in [0.15, 0.2) is 115 Å². The summed E-state index contributed by atoms with van der Waals surface area (Å²) >= 11 is 0. The maximum Gasteiger partial charge on any atom is 0.208 e.